The minimum atomic E-state index is -0.189. The molecule has 2 aromatic carbocycles. The third kappa shape index (κ3) is 2.35. The van der Waals surface area contributed by atoms with Crippen molar-refractivity contribution in [2.75, 3.05) is 5.32 Å². The Hall–Kier alpha value is -2.42. The predicted octanol–water partition coefficient (Wildman–Crippen LogP) is 4.55. The summed E-state index contributed by atoms with van der Waals surface area (Å²) in [5.41, 5.74) is 2.55. The molecule has 1 heterocycles. The van der Waals surface area contributed by atoms with Crippen LogP contribution in [0.4, 0.5) is 10.1 Å². The van der Waals surface area contributed by atoms with E-state index in [0.29, 0.717) is 5.56 Å². The Morgan fingerprint density at radius 2 is 1.75 bits per heavy atom. The highest BCUT2D eigenvalue weighted by Crippen LogP contribution is 2.26. The Kier molecular flexibility index (Phi) is 3.33. The van der Waals surface area contributed by atoms with E-state index < -0.39 is 0 Å². The lowest BCUT2D eigenvalue weighted by Crippen LogP contribution is -2.08. The second kappa shape index (κ2) is 5.29. The minimum Gasteiger partial charge on any atom is -0.378 e. The van der Waals surface area contributed by atoms with Crippen molar-refractivity contribution >= 4 is 16.6 Å². The first-order valence-electron chi connectivity index (χ1n) is 6.60. The summed E-state index contributed by atoms with van der Waals surface area (Å²) in [6.07, 6.45) is 1.76. The first kappa shape index (κ1) is 12.6. The van der Waals surface area contributed by atoms with Crippen molar-refractivity contribution in [1.29, 1.82) is 0 Å². The monoisotopic (exact) mass is 266 g/mol. The molecule has 1 atom stereocenters. The van der Waals surface area contributed by atoms with Gasteiger partial charge in [0.2, 0.25) is 0 Å². The zero-order valence-corrected chi connectivity index (χ0v) is 11.2. The fourth-order valence-electron chi connectivity index (χ4n) is 2.36. The molecule has 100 valence electrons. The number of halogens is 1. The van der Waals surface area contributed by atoms with Gasteiger partial charge in [0.15, 0.2) is 0 Å². The number of anilines is 1. The van der Waals surface area contributed by atoms with Gasteiger partial charge in [-0.05, 0) is 25.1 Å². The number of aromatic nitrogens is 1. The van der Waals surface area contributed by atoms with Crippen LogP contribution in [-0.4, -0.2) is 4.98 Å². The Morgan fingerprint density at radius 1 is 1.00 bits per heavy atom. The van der Waals surface area contributed by atoms with E-state index in [1.54, 1.807) is 18.3 Å². The molecule has 0 aliphatic rings. The van der Waals surface area contributed by atoms with Gasteiger partial charge >= 0.3 is 0 Å². The molecule has 20 heavy (non-hydrogen) atoms. The number of fused-ring (bicyclic) bond motifs is 1. The third-order valence-corrected chi connectivity index (χ3v) is 3.39. The van der Waals surface area contributed by atoms with Gasteiger partial charge in [-0.3, -0.25) is 4.98 Å². The van der Waals surface area contributed by atoms with Crippen LogP contribution >= 0.6 is 0 Å². The number of nitrogens with one attached hydrogen (secondary N) is 1. The Labute approximate surface area is 117 Å². The molecule has 2 nitrogen and oxygen atoms in total. The molecule has 1 aromatic heterocycles. The molecule has 0 bridgehead atoms. The van der Waals surface area contributed by atoms with Crippen molar-refractivity contribution in [3.05, 3.63) is 72.2 Å². The van der Waals surface area contributed by atoms with Crippen molar-refractivity contribution in [1.82, 2.24) is 4.98 Å². The minimum absolute atomic E-state index is 0.109. The third-order valence-electron chi connectivity index (χ3n) is 3.39. The molecule has 0 fully saturated rings. The van der Waals surface area contributed by atoms with Crippen LogP contribution in [0.3, 0.4) is 0 Å². The maximum atomic E-state index is 13.8. The molecule has 0 radical (unpaired) electrons. The average Bonchev–Trinajstić information content (AvgIpc) is 2.48. The van der Waals surface area contributed by atoms with Gasteiger partial charge in [0.05, 0.1) is 11.6 Å². The lowest BCUT2D eigenvalue weighted by Gasteiger charge is -2.17. The number of hydrogen-bond donors (Lipinski definition) is 1. The van der Waals surface area contributed by atoms with Gasteiger partial charge < -0.3 is 5.32 Å². The summed E-state index contributed by atoms with van der Waals surface area (Å²) in [5.74, 6) is -0.189. The molecule has 0 aliphatic carbocycles. The summed E-state index contributed by atoms with van der Waals surface area (Å²) in [5, 5.41) is 4.40. The standard InChI is InChI=1S/C17H15FN2/c1-12(13-6-2-4-8-15(13)18)20-17-10-11-19-16-9-5-3-7-14(16)17/h2-12H,1H3,(H,19,20). The smallest absolute Gasteiger partial charge is 0.128 e. The largest absolute Gasteiger partial charge is 0.378 e. The van der Waals surface area contributed by atoms with Crippen molar-refractivity contribution in [3.63, 3.8) is 0 Å². The van der Waals surface area contributed by atoms with Crippen LogP contribution in [-0.2, 0) is 0 Å². The van der Waals surface area contributed by atoms with Gasteiger partial charge in [-0.15, -0.1) is 0 Å². The zero-order chi connectivity index (χ0) is 13.9. The predicted molar refractivity (Wildman–Crippen MR) is 80.2 cm³/mol. The second-order valence-corrected chi connectivity index (χ2v) is 4.76. The number of pyridine rings is 1. The maximum Gasteiger partial charge on any atom is 0.128 e. The normalized spacial score (nSPS) is 12.3. The summed E-state index contributed by atoms with van der Waals surface area (Å²) in [6.45, 7) is 1.95. The lowest BCUT2D eigenvalue weighted by atomic mass is 10.1. The molecule has 0 aliphatic heterocycles. The SMILES string of the molecule is CC(Nc1ccnc2ccccc12)c1ccccc1F. The summed E-state index contributed by atoms with van der Waals surface area (Å²) < 4.78 is 13.8. The Balaban J connectivity index is 1.96. The van der Waals surface area contributed by atoms with Crippen LogP contribution in [0.1, 0.15) is 18.5 Å². The molecule has 0 amide bonds. The quantitative estimate of drug-likeness (QED) is 0.752. The highest BCUT2D eigenvalue weighted by Gasteiger charge is 2.11. The number of para-hydroxylation sites is 1. The van der Waals surface area contributed by atoms with E-state index in [9.17, 15) is 4.39 Å². The van der Waals surface area contributed by atoms with Gasteiger partial charge in [-0.1, -0.05) is 36.4 Å². The van der Waals surface area contributed by atoms with Crippen molar-refractivity contribution < 1.29 is 4.39 Å². The average molecular weight is 266 g/mol. The van der Waals surface area contributed by atoms with Gasteiger partial charge in [-0.2, -0.15) is 0 Å². The van der Waals surface area contributed by atoms with Crippen LogP contribution in [0.2, 0.25) is 0 Å². The molecule has 3 aromatic rings. The highest BCUT2D eigenvalue weighted by atomic mass is 19.1. The van der Waals surface area contributed by atoms with E-state index in [4.69, 9.17) is 0 Å². The Bertz CT molecular complexity index is 734. The van der Waals surface area contributed by atoms with Crippen LogP contribution in [0.5, 0.6) is 0 Å². The molecule has 3 rings (SSSR count). The molecule has 3 heteroatoms. The summed E-state index contributed by atoms with van der Waals surface area (Å²) in [4.78, 5) is 4.33. The topological polar surface area (TPSA) is 24.9 Å². The van der Waals surface area contributed by atoms with Gasteiger partial charge in [-0.25, -0.2) is 4.39 Å². The van der Waals surface area contributed by atoms with Gasteiger partial charge in [0.1, 0.15) is 5.82 Å². The number of nitrogens with zero attached hydrogens (tertiary/aromatic N) is 1. The molecule has 0 saturated carbocycles. The molecule has 0 saturated heterocycles. The Morgan fingerprint density at radius 3 is 2.60 bits per heavy atom. The molecule has 0 spiro atoms. The lowest BCUT2D eigenvalue weighted by molar-refractivity contribution is 0.600. The van der Waals surface area contributed by atoms with Crippen molar-refractivity contribution in [2.45, 2.75) is 13.0 Å². The maximum absolute atomic E-state index is 13.8. The molecule has 1 unspecified atom stereocenters. The highest BCUT2D eigenvalue weighted by molar-refractivity contribution is 5.91. The van der Waals surface area contributed by atoms with Gasteiger partial charge in [0.25, 0.3) is 0 Å². The number of benzene rings is 2. The summed E-state index contributed by atoms with van der Waals surface area (Å²) in [6, 6.07) is 16.6. The fourth-order valence-corrected chi connectivity index (χ4v) is 2.36. The van der Waals surface area contributed by atoms with E-state index in [1.165, 1.54) is 6.07 Å². The second-order valence-electron chi connectivity index (χ2n) is 4.76. The summed E-state index contributed by atoms with van der Waals surface area (Å²) in [7, 11) is 0. The van der Waals surface area contributed by atoms with E-state index in [1.807, 2.05) is 43.3 Å². The molecular formula is C17H15FN2. The summed E-state index contributed by atoms with van der Waals surface area (Å²) >= 11 is 0. The van der Waals surface area contributed by atoms with Crippen molar-refractivity contribution in [3.8, 4) is 0 Å². The van der Waals surface area contributed by atoms with Crippen LogP contribution in [0.15, 0.2) is 60.8 Å². The first-order chi connectivity index (χ1) is 9.75. The molecular weight excluding hydrogens is 251 g/mol. The van der Waals surface area contributed by atoms with E-state index in [-0.39, 0.29) is 11.9 Å². The van der Waals surface area contributed by atoms with Gasteiger partial charge in [0, 0.05) is 22.8 Å². The van der Waals surface area contributed by atoms with Crippen LogP contribution in [0, 0.1) is 5.82 Å². The first-order valence-corrected chi connectivity index (χ1v) is 6.60. The number of rotatable bonds is 3. The van der Waals surface area contributed by atoms with E-state index in [2.05, 4.69) is 10.3 Å². The molecule has 1 N–H and O–H groups in total. The zero-order valence-electron chi connectivity index (χ0n) is 11.2. The van der Waals surface area contributed by atoms with E-state index >= 15 is 0 Å². The fraction of sp³-hybridized carbons (Fsp3) is 0.118. The van der Waals surface area contributed by atoms with Crippen molar-refractivity contribution in [2.24, 2.45) is 0 Å². The van der Waals surface area contributed by atoms with Crippen LogP contribution in [0.25, 0.3) is 10.9 Å². The van der Waals surface area contributed by atoms with E-state index in [0.717, 1.165) is 16.6 Å². The number of hydrogen-bond acceptors (Lipinski definition) is 2. The van der Waals surface area contributed by atoms with Crippen LogP contribution < -0.4 is 5.32 Å².